The van der Waals surface area contributed by atoms with Gasteiger partial charge in [-0.25, -0.2) is 0 Å². The van der Waals surface area contributed by atoms with E-state index < -0.39 is 26.5 Å². The van der Waals surface area contributed by atoms with E-state index in [9.17, 15) is 19.0 Å². The third kappa shape index (κ3) is 54.9. The largest absolute Gasteiger partial charge is 0.756 e. The van der Waals surface area contributed by atoms with Crippen LogP contribution in [-0.2, 0) is 32.7 Å². The van der Waals surface area contributed by atoms with Crippen molar-refractivity contribution < 1.29 is 42.1 Å². The number of unbranched alkanes of at least 4 members (excludes halogenated alkanes) is 28. The van der Waals surface area contributed by atoms with Crippen molar-refractivity contribution in [2.45, 2.75) is 258 Å². The van der Waals surface area contributed by atoms with Gasteiger partial charge in [-0.1, -0.05) is 222 Å². The Morgan fingerprint density at radius 2 is 0.826 bits per heavy atom. The quantitative estimate of drug-likeness (QED) is 0.0195. The lowest BCUT2D eigenvalue weighted by atomic mass is 10.0. The van der Waals surface area contributed by atoms with Crippen LogP contribution in [0.25, 0.3) is 0 Å². The molecular formula is C59H108NO8P. The van der Waals surface area contributed by atoms with E-state index in [1.54, 1.807) is 0 Å². The fourth-order valence-electron chi connectivity index (χ4n) is 7.88. The summed E-state index contributed by atoms with van der Waals surface area (Å²) in [5.41, 5.74) is 0. The number of phosphoric acid groups is 1. The van der Waals surface area contributed by atoms with Crippen LogP contribution in [0, 0.1) is 0 Å². The third-order valence-corrected chi connectivity index (χ3v) is 13.2. The smallest absolute Gasteiger partial charge is 0.306 e. The van der Waals surface area contributed by atoms with Crippen LogP contribution in [-0.4, -0.2) is 70.0 Å². The number of hydrogen-bond acceptors (Lipinski definition) is 8. The highest BCUT2D eigenvalue weighted by Crippen LogP contribution is 2.38. The van der Waals surface area contributed by atoms with Gasteiger partial charge in [0.1, 0.15) is 19.8 Å². The molecule has 0 saturated carbocycles. The molecule has 0 saturated heterocycles. The van der Waals surface area contributed by atoms with Gasteiger partial charge >= 0.3 is 11.9 Å². The molecule has 0 aliphatic carbocycles. The molecule has 0 bridgehead atoms. The second kappa shape index (κ2) is 50.6. The van der Waals surface area contributed by atoms with E-state index in [0.717, 1.165) is 83.5 Å². The van der Waals surface area contributed by atoms with Crippen molar-refractivity contribution in [2.75, 3.05) is 47.5 Å². The molecule has 0 aliphatic heterocycles. The summed E-state index contributed by atoms with van der Waals surface area (Å²) in [6, 6.07) is 0. The lowest BCUT2D eigenvalue weighted by molar-refractivity contribution is -0.870. The summed E-state index contributed by atoms with van der Waals surface area (Å²) in [4.78, 5) is 37.8. The van der Waals surface area contributed by atoms with Gasteiger partial charge in [0.05, 0.1) is 27.7 Å². The van der Waals surface area contributed by atoms with Gasteiger partial charge in [0.15, 0.2) is 6.10 Å². The number of carbonyl (C=O) groups is 2. The normalized spacial score (nSPS) is 13.8. The molecule has 2 unspecified atom stereocenters. The number of likely N-dealkylation sites (N-methyl/N-ethyl adjacent to an activating group) is 1. The van der Waals surface area contributed by atoms with Crippen LogP contribution in [0.1, 0.15) is 251 Å². The lowest BCUT2D eigenvalue weighted by Gasteiger charge is -2.28. The molecule has 0 heterocycles. The summed E-state index contributed by atoms with van der Waals surface area (Å²) in [6.45, 7) is 4.13. The van der Waals surface area contributed by atoms with Crippen LogP contribution in [0.4, 0.5) is 0 Å². The van der Waals surface area contributed by atoms with Crippen LogP contribution in [0.2, 0.25) is 0 Å². The molecule has 0 fully saturated rings. The van der Waals surface area contributed by atoms with E-state index in [2.05, 4.69) is 74.6 Å². The Kier molecular flexibility index (Phi) is 49.0. The van der Waals surface area contributed by atoms with Crippen molar-refractivity contribution >= 4 is 19.8 Å². The van der Waals surface area contributed by atoms with Crippen molar-refractivity contribution in [3.8, 4) is 0 Å². The van der Waals surface area contributed by atoms with Crippen LogP contribution >= 0.6 is 7.82 Å². The minimum atomic E-state index is -4.64. The maximum atomic E-state index is 12.8. The maximum absolute atomic E-state index is 12.8. The second-order valence-corrected chi connectivity index (χ2v) is 21.7. The summed E-state index contributed by atoms with van der Waals surface area (Å²) >= 11 is 0. The highest BCUT2D eigenvalue weighted by Gasteiger charge is 2.21. The van der Waals surface area contributed by atoms with E-state index in [0.29, 0.717) is 17.4 Å². The Bertz CT molecular complexity index is 1350. The van der Waals surface area contributed by atoms with Crippen molar-refractivity contribution in [1.82, 2.24) is 0 Å². The molecule has 0 N–H and O–H groups in total. The Balaban J connectivity index is 4.11. The predicted molar refractivity (Wildman–Crippen MR) is 291 cm³/mol. The molecule has 0 amide bonds. The van der Waals surface area contributed by atoms with Gasteiger partial charge in [-0.3, -0.25) is 14.2 Å². The molecule has 0 aliphatic rings. The molecule has 0 spiro atoms. The molecule has 0 aromatic heterocycles. The number of phosphoric ester groups is 1. The standard InChI is InChI=1S/C59H108NO8P/c1-6-8-10-12-14-16-18-20-22-24-25-26-27-28-29-30-31-32-33-34-35-36-38-40-42-44-46-48-50-52-59(62)68-57(56-67-69(63,64)66-54-53-60(3,4)5)55-65-58(61)51-49-47-45-43-41-39-37-23-21-19-17-15-13-11-9-7-2/h8,10,14,16,20,22-23,25-26,37,57H,6-7,9,11-13,15,17-19,21,24,27-36,38-56H2,1-5H3/b10-8-,16-14-,22-20-,26-25-,37-23-. The minimum absolute atomic E-state index is 0.0324. The van der Waals surface area contributed by atoms with Crippen molar-refractivity contribution in [3.63, 3.8) is 0 Å². The Morgan fingerprint density at radius 1 is 0.464 bits per heavy atom. The number of nitrogens with zero attached hydrogens (tertiary/aromatic N) is 1. The van der Waals surface area contributed by atoms with Crippen molar-refractivity contribution in [1.29, 1.82) is 0 Å². The van der Waals surface area contributed by atoms with E-state index in [4.69, 9.17) is 18.5 Å². The minimum Gasteiger partial charge on any atom is -0.756 e. The molecule has 402 valence electrons. The van der Waals surface area contributed by atoms with Crippen LogP contribution in [0.3, 0.4) is 0 Å². The highest BCUT2D eigenvalue weighted by atomic mass is 31.2. The maximum Gasteiger partial charge on any atom is 0.306 e. The molecule has 0 aromatic rings. The van der Waals surface area contributed by atoms with E-state index in [1.165, 1.54) is 135 Å². The highest BCUT2D eigenvalue weighted by molar-refractivity contribution is 7.45. The monoisotopic (exact) mass is 990 g/mol. The topological polar surface area (TPSA) is 111 Å². The number of esters is 2. The molecular weight excluding hydrogens is 882 g/mol. The molecule has 0 radical (unpaired) electrons. The number of rotatable bonds is 52. The fraction of sp³-hybridized carbons (Fsp3) is 0.797. The number of hydrogen-bond donors (Lipinski definition) is 0. The fourth-order valence-corrected chi connectivity index (χ4v) is 8.61. The summed E-state index contributed by atoms with van der Waals surface area (Å²) < 4.78 is 34.1. The summed E-state index contributed by atoms with van der Waals surface area (Å²) in [5, 5.41) is 0. The van der Waals surface area contributed by atoms with E-state index >= 15 is 0 Å². The number of carbonyl (C=O) groups excluding carboxylic acids is 2. The van der Waals surface area contributed by atoms with Crippen LogP contribution in [0.5, 0.6) is 0 Å². The average Bonchev–Trinajstić information content (AvgIpc) is 3.31. The van der Waals surface area contributed by atoms with Gasteiger partial charge in [0, 0.05) is 12.8 Å². The SMILES string of the molecule is CC/C=C\C/C=C\C/C=C\C/C=C\CCCCCCCCCCCCCCCCCCC(=O)OC(COC(=O)CCCCCCC/C=C\CCCCCCCCC)COP(=O)([O-])OCC[N+](C)(C)C. The molecule has 0 aromatic carbocycles. The first-order valence-electron chi connectivity index (χ1n) is 28.5. The first kappa shape index (κ1) is 66.7. The zero-order valence-corrected chi connectivity index (χ0v) is 46.4. The summed E-state index contributed by atoms with van der Waals surface area (Å²) in [7, 11) is 1.16. The average molecular weight is 990 g/mol. The second-order valence-electron chi connectivity index (χ2n) is 20.3. The molecule has 9 nitrogen and oxygen atoms in total. The Morgan fingerprint density at radius 3 is 1.25 bits per heavy atom. The molecule has 0 rings (SSSR count). The molecule has 69 heavy (non-hydrogen) atoms. The number of ether oxygens (including phenoxy) is 2. The zero-order chi connectivity index (χ0) is 50.6. The van der Waals surface area contributed by atoms with E-state index in [1.807, 2.05) is 21.1 Å². The molecule has 10 heteroatoms. The first-order chi connectivity index (χ1) is 33.5. The predicted octanol–water partition coefficient (Wildman–Crippen LogP) is 16.9. The summed E-state index contributed by atoms with van der Waals surface area (Å²) in [6.07, 6.45) is 64.1. The van der Waals surface area contributed by atoms with Gasteiger partial charge in [-0.15, -0.1) is 0 Å². The Labute approximate surface area is 426 Å². The first-order valence-corrected chi connectivity index (χ1v) is 30.0. The van der Waals surface area contributed by atoms with Crippen LogP contribution < -0.4 is 4.89 Å². The summed E-state index contributed by atoms with van der Waals surface area (Å²) in [5.74, 6) is -0.837. The van der Waals surface area contributed by atoms with Gasteiger partial charge in [0.2, 0.25) is 0 Å². The van der Waals surface area contributed by atoms with Crippen LogP contribution in [0.15, 0.2) is 60.8 Å². The van der Waals surface area contributed by atoms with Crippen molar-refractivity contribution in [3.05, 3.63) is 60.8 Å². The van der Waals surface area contributed by atoms with E-state index in [-0.39, 0.29) is 32.0 Å². The van der Waals surface area contributed by atoms with Gasteiger partial charge < -0.3 is 27.9 Å². The number of allylic oxidation sites excluding steroid dienone is 10. The molecule has 2 atom stereocenters. The van der Waals surface area contributed by atoms with Crippen molar-refractivity contribution in [2.24, 2.45) is 0 Å². The Hall–Kier alpha value is -2.29. The van der Waals surface area contributed by atoms with Gasteiger partial charge in [0.25, 0.3) is 7.82 Å². The van der Waals surface area contributed by atoms with Gasteiger partial charge in [-0.2, -0.15) is 0 Å². The third-order valence-electron chi connectivity index (χ3n) is 12.3. The van der Waals surface area contributed by atoms with Gasteiger partial charge in [-0.05, 0) is 77.0 Å². The number of quaternary nitrogens is 1. The lowest BCUT2D eigenvalue weighted by Crippen LogP contribution is -2.37. The zero-order valence-electron chi connectivity index (χ0n) is 45.5.